The second-order valence-electron chi connectivity index (χ2n) is 5.35. The summed E-state index contributed by atoms with van der Waals surface area (Å²) >= 11 is 0. The van der Waals surface area contributed by atoms with Gasteiger partial charge in [0.15, 0.2) is 0 Å². The average molecular weight is 302 g/mol. The molecule has 2 amide bonds. The molecular formula is C14H26N2O5. The van der Waals surface area contributed by atoms with Crippen molar-refractivity contribution in [1.82, 2.24) is 10.2 Å². The summed E-state index contributed by atoms with van der Waals surface area (Å²) < 4.78 is 5.03. The molecule has 1 atom stereocenters. The normalized spacial score (nSPS) is 17.2. The van der Waals surface area contributed by atoms with Crippen LogP contribution in [0.25, 0.3) is 0 Å². The molecule has 7 heteroatoms. The zero-order valence-corrected chi connectivity index (χ0v) is 12.6. The largest absolute Gasteiger partial charge is 0.481 e. The van der Waals surface area contributed by atoms with E-state index in [2.05, 4.69) is 5.32 Å². The highest BCUT2D eigenvalue weighted by Crippen LogP contribution is 2.22. The molecule has 0 radical (unpaired) electrons. The van der Waals surface area contributed by atoms with E-state index in [-0.39, 0.29) is 31.6 Å². The number of amides is 2. The van der Waals surface area contributed by atoms with Crippen LogP contribution in [0.2, 0.25) is 0 Å². The van der Waals surface area contributed by atoms with Crippen molar-refractivity contribution in [2.45, 2.75) is 50.7 Å². The molecule has 21 heavy (non-hydrogen) atoms. The second-order valence-corrected chi connectivity index (χ2v) is 5.35. The first-order valence-electron chi connectivity index (χ1n) is 7.48. The minimum Gasteiger partial charge on any atom is -0.481 e. The second kappa shape index (κ2) is 9.57. The first-order valence-corrected chi connectivity index (χ1v) is 7.48. The lowest BCUT2D eigenvalue weighted by molar-refractivity contribution is -0.139. The molecule has 0 bridgehead atoms. The highest BCUT2D eigenvalue weighted by molar-refractivity contribution is 5.74. The minimum atomic E-state index is -0.962. The predicted molar refractivity (Wildman–Crippen MR) is 77.1 cm³/mol. The number of hydrogen-bond acceptors (Lipinski definition) is 4. The van der Waals surface area contributed by atoms with Gasteiger partial charge < -0.3 is 25.2 Å². The Labute approximate surface area is 125 Å². The summed E-state index contributed by atoms with van der Waals surface area (Å²) in [5, 5.41) is 20.6. The predicted octanol–water partition coefficient (Wildman–Crippen LogP) is 0.813. The fraction of sp³-hybridized carbons (Fsp3) is 0.857. The van der Waals surface area contributed by atoms with Gasteiger partial charge in [0.2, 0.25) is 0 Å². The van der Waals surface area contributed by atoms with Gasteiger partial charge in [0.05, 0.1) is 19.1 Å². The Kier molecular flexibility index (Phi) is 8.07. The molecule has 0 saturated heterocycles. The van der Waals surface area contributed by atoms with E-state index in [4.69, 9.17) is 14.9 Å². The van der Waals surface area contributed by atoms with Crippen LogP contribution in [-0.2, 0) is 9.53 Å². The molecule has 1 aliphatic carbocycles. The lowest BCUT2D eigenvalue weighted by Gasteiger charge is -2.34. The van der Waals surface area contributed by atoms with E-state index in [1.165, 1.54) is 13.5 Å². The molecule has 1 rings (SSSR count). The third-order valence-electron chi connectivity index (χ3n) is 3.83. The summed E-state index contributed by atoms with van der Waals surface area (Å²) in [6, 6.07) is -0.102. The summed E-state index contributed by atoms with van der Waals surface area (Å²) in [5.41, 5.74) is 0. The van der Waals surface area contributed by atoms with Crippen molar-refractivity contribution in [3.05, 3.63) is 0 Å². The molecule has 7 nitrogen and oxygen atoms in total. The fourth-order valence-electron chi connectivity index (χ4n) is 2.69. The molecular weight excluding hydrogens is 276 g/mol. The van der Waals surface area contributed by atoms with Gasteiger partial charge in [-0.1, -0.05) is 19.3 Å². The third-order valence-corrected chi connectivity index (χ3v) is 3.83. The van der Waals surface area contributed by atoms with Gasteiger partial charge in [0.25, 0.3) is 0 Å². The van der Waals surface area contributed by atoms with Crippen molar-refractivity contribution in [2.24, 2.45) is 0 Å². The Morgan fingerprint density at radius 1 is 1.33 bits per heavy atom. The van der Waals surface area contributed by atoms with E-state index in [0.29, 0.717) is 6.54 Å². The maximum atomic E-state index is 12.2. The number of carboxylic acid groups (broad SMARTS) is 1. The Bertz CT molecular complexity index is 331. The van der Waals surface area contributed by atoms with E-state index in [0.717, 1.165) is 25.7 Å². The molecule has 122 valence electrons. The average Bonchev–Trinajstić information content (AvgIpc) is 2.49. The van der Waals surface area contributed by atoms with Gasteiger partial charge in [-0.2, -0.15) is 0 Å². The zero-order valence-electron chi connectivity index (χ0n) is 12.6. The van der Waals surface area contributed by atoms with Crippen LogP contribution in [0.15, 0.2) is 0 Å². The Morgan fingerprint density at radius 2 is 2.00 bits per heavy atom. The van der Waals surface area contributed by atoms with Crippen LogP contribution in [0, 0.1) is 0 Å². The van der Waals surface area contributed by atoms with Crippen LogP contribution in [0.1, 0.15) is 38.5 Å². The number of rotatable bonds is 8. The minimum absolute atomic E-state index is 0.0766. The van der Waals surface area contributed by atoms with Gasteiger partial charge in [-0.05, 0) is 12.8 Å². The quantitative estimate of drug-likeness (QED) is 0.616. The van der Waals surface area contributed by atoms with Crippen LogP contribution in [0.4, 0.5) is 4.79 Å². The molecule has 0 spiro atoms. The maximum Gasteiger partial charge on any atom is 0.317 e. The Balaban J connectivity index is 2.49. The number of carbonyl (C=O) groups is 2. The van der Waals surface area contributed by atoms with Gasteiger partial charge >= 0.3 is 12.0 Å². The number of urea groups is 1. The molecule has 0 aromatic rings. The van der Waals surface area contributed by atoms with Gasteiger partial charge in [-0.25, -0.2) is 4.79 Å². The molecule has 0 aromatic carbocycles. The first-order chi connectivity index (χ1) is 10.1. The highest BCUT2D eigenvalue weighted by Gasteiger charge is 2.25. The van der Waals surface area contributed by atoms with Crippen molar-refractivity contribution in [1.29, 1.82) is 0 Å². The molecule has 0 heterocycles. The van der Waals surface area contributed by atoms with E-state index in [9.17, 15) is 9.59 Å². The van der Waals surface area contributed by atoms with Gasteiger partial charge in [0.1, 0.15) is 0 Å². The summed E-state index contributed by atoms with van der Waals surface area (Å²) in [6.07, 6.45) is 4.59. The van der Waals surface area contributed by atoms with Gasteiger partial charge in [0, 0.05) is 26.2 Å². The molecule has 3 N–H and O–H groups in total. The number of hydrogen-bond donors (Lipinski definition) is 3. The number of ether oxygens (including phenoxy) is 1. The number of carboxylic acids is 1. The van der Waals surface area contributed by atoms with Crippen molar-refractivity contribution in [2.75, 3.05) is 26.8 Å². The van der Waals surface area contributed by atoms with Crippen LogP contribution in [-0.4, -0.2) is 66.1 Å². The number of nitrogens with zero attached hydrogens (tertiary/aromatic N) is 1. The topological polar surface area (TPSA) is 99.1 Å². The molecule has 1 fully saturated rings. The van der Waals surface area contributed by atoms with Gasteiger partial charge in [-0.15, -0.1) is 0 Å². The number of nitrogens with one attached hydrogen (secondary N) is 1. The van der Waals surface area contributed by atoms with Crippen LogP contribution in [0.3, 0.4) is 0 Å². The van der Waals surface area contributed by atoms with E-state index < -0.39 is 12.1 Å². The van der Waals surface area contributed by atoms with Crippen molar-refractivity contribution < 1.29 is 24.5 Å². The molecule has 0 aliphatic heterocycles. The lowest BCUT2D eigenvalue weighted by atomic mass is 9.94. The van der Waals surface area contributed by atoms with Crippen LogP contribution >= 0.6 is 0 Å². The molecule has 1 saturated carbocycles. The van der Waals surface area contributed by atoms with E-state index >= 15 is 0 Å². The SMILES string of the molecule is COC(CNC(=O)N(CCO)C1CCCCC1)CC(=O)O. The number of aliphatic carboxylic acids is 1. The van der Waals surface area contributed by atoms with Crippen LogP contribution in [0.5, 0.6) is 0 Å². The van der Waals surface area contributed by atoms with E-state index in [1.807, 2.05) is 0 Å². The lowest BCUT2D eigenvalue weighted by Crippen LogP contribution is -2.49. The molecule has 0 aromatic heterocycles. The molecule has 1 unspecified atom stereocenters. The van der Waals surface area contributed by atoms with Crippen LogP contribution < -0.4 is 5.32 Å². The first kappa shape index (κ1) is 17.7. The Hall–Kier alpha value is -1.34. The highest BCUT2D eigenvalue weighted by atomic mass is 16.5. The van der Waals surface area contributed by atoms with Crippen molar-refractivity contribution >= 4 is 12.0 Å². The van der Waals surface area contributed by atoms with E-state index in [1.54, 1.807) is 4.90 Å². The smallest absolute Gasteiger partial charge is 0.317 e. The number of carbonyl (C=O) groups excluding carboxylic acids is 1. The fourth-order valence-corrected chi connectivity index (χ4v) is 2.69. The number of methoxy groups -OCH3 is 1. The number of aliphatic hydroxyl groups excluding tert-OH is 1. The standard InChI is InChI=1S/C14H26N2O5/c1-21-12(9-13(18)19)10-15-14(20)16(7-8-17)11-5-3-2-4-6-11/h11-12,17H,2-10H2,1H3,(H,15,20)(H,18,19). The van der Waals surface area contributed by atoms with Crippen molar-refractivity contribution in [3.63, 3.8) is 0 Å². The molecule has 1 aliphatic rings. The van der Waals surface area contributed by atoms with Crippen molar-refractivity contribution in [3.8, 4) is 0 Å². The summed E-state index contributed by atoms with van der Waals surface area (Å²) in [4.78, 5) is 24.6. The Morgan fingerprint density at radius 3 is 2.52 bits per heavy atom. The maximum absolute atomic E-state index is 12.2. The summed E-state index contributed by atoms with van der Waals surface area (Å²) in [6.45, 7) is 0.371. The van der Waals surface area contributed by atoms with Gasteiger partial charge in [-0.3, -0.25) is 4.79 Å². The zero-order chi connectivity index (χ0) is 15.7. The monoisotopic (exact) mass is 302 g/mol. The third kappa shape index (κ3) is 6.31. The summed E-state index contributed by atoms with van der Waals surface area (Å²) in [7, 11) is 1.42. The summed E-state index contributed by atoms with van der Waals surface area (Å²) in [5.74, 6) is -0.962. The number of aliphatic hydroxyl groups is 1.